The molecule has 5 rings (SSSR count). The number of aliphatic hydroxyl groups is 1. The summed E-state index contributed by atoms with van der Waals surface area (Å²) in [6, 6.07) is 23.0. The Morgan fingerprint density at radius 1 is 0.923 bits per heavy atom. The van der Waals surface area contributed by atoms with Crippen molar-refractivity contribution in [3.05, 3.63) is 114 Å². The van der Waals surface area contributed by atoms with Crippen LogP contribution in [-0.4, -0.2) is 39.0 Å². The summed E-state index contributed by atoms with van der Waals surface area (Å²) in [5.74, 6) is 2.12. The van der Waals surface area contributed by atoms with Crippen molar-refractivity contribution in [1.82, 2.24) is 14.7 Å². The number of nitrogens with zero attached hydrogens (tertiary/aromatic N) is 3. The molecule has 0 aliphatic rings. The number of benzene rings is 2. The third-order valence-electron chi connectivity index (χ3n) is 6.11. The van der Waals surface area contributed by atoms with E-state index >= 15 is 0 Å². The molecule has 0 aliphatic carbocycles. The van der Waals surface area contributed by atoms with Gasteiger partial charge in [-0.25, -0.2) is 9.07 Å². The zero-order valence-corrected chi connectivity index (χ0v) is 21.6. The lowest BCUT2D eigenvalue weighted by Gasteiger charge is -2.25. The summed E-state index contributed by atoms with van der Waals surface area (Å²) in [4.78, 5) is 2.06. The van der Waals surface area contributed by atoms with Gasteiger partial charge in [0.05, 0.1) is 37.3 Å². The Balaban J connectivity index is 1.41. The number of aromatic nitrogens is 2. The third kappa shape index (κ3) is 7.02. The molecular weight excluding hydrogens is 501 g/mol. The highest BCUT2D eigenvalue weighted by Gasteiger charge is 2.24. The van der Waals surface area contributed by atoms with Crippen molar-refractivity contribution < 1.29 is 27.8 Å². The van der Waals surface area contributed by atoms with Gasteiger partial charge in [0, 0.05) is 25.7 Å². The Morgan fingerprint density at radius 3 is 2.33 bits per heavy atom. The minimum atomic E-state index is -0.770. The monoisotopic (exact) mass is 531 g/mol. The lowest BCUT2D eigenvalue weighted by Crippen LogP contribution is -2.34. The topological polar surface area (TPSA) is 86.0 Å². The van der Waals surface area contributed by atoms with Crippen LogP contribution in [0.3, 0.4) is 0 Å². The second-order valence-electron chi connectivity index (χ2n) is 9.18. The van der Waals surface area contributed by atoms with Crippen molar-refractivity contribution in [3.8, 4) is 22.9 Å². The molecule has 8 nitrogen and oxygen atoms in total. The van der Waals surface area contributed by atoms with Crippen molar-refractivity contribution in [2.24, 2.45) is 7.05 Å². The second kappa shape index (κ2) is 12.6. The molecule has 202 valence electrons. The van der Waals surface area contributed by atoms with Gasteiger partial charge in [-0.1, -0.05) is 30.3 Å². The minimum absolute atomic E-state index is 0.132. The van der Waals surface area contributed by atoms with Crippen molar-refractivity contribution in [2.75, 3.05) is 13.2 Å². The molecule has 3 aromatic heterocycles. The van der Waals surface area contributed by atoms with Gasteiger partial charge in [-0.2, -0.15) is 5.10 Å². The van der Waals surface area contributed by atoms with Gasteiger partial charge >= 0.3 is 0 Å². The molecule has 1 N–H and O–H groups in total. The van der Waals surface area contributed by atoms with Crippen LogP contribution in [0.5, 0.6) is 11.6 Å². The second-order valence-corrected chi connectivity index (χ2v) is 9.18. The first kappa shape index (κ1) is 26.4. The van der Waals surface area contributed by atoms with Gasteiger partial charge in [-0.05, 0) is 48.5 Å². The number of ether oxygens (including phenoxy) is 2. The lowest BCUT2D eigenvalue weighted by atomic mass is 10.1. The van der Waals surface area contributed by atoms with Gasteiger partial charge in [-0.15, -0.1) is 0 Å². The van der Waals surface area contributed by atoms with Crippen LogP contribution in [0.25, 0.3) is 11.3 Å². The lowest BCUT2D eigenvalue weighted by molar-refractivity contribution is 0.00156. The molecule has 1 unspecified atom stereocenters. The van der Waals surface area contributed by atoms with E-state index in [0.717, 1.165) is 22.6 Å². The van der Waals surface area contributed by atoms with Crippen LogP contribution in [0, 0.1) is 5.82 Å². The van der Waals surface area contributed by atoms with E-state index in [4.69, 9.17) is 23.4 Å². The highest BCUT2D eigenvalue weighted by Crippen LogP contribution is 2.34. The van der Waals surface area contributed by atoms with Gasteiger partial charge < -0.3 is 23.4 Å². The molecule has 1 atom stereocenters. The van der Waals surface area contributed by atoms with E-state index in [1.807, 2.05) is 55.6 Å². The van der Waals surface area contributed by atoms with Crippen molar-refractivity contribution in [3.63, 3.8) is 0 Å². The highest BCUT2D eigenvalue weighted by molar-refractivity contribution is 5.65. The summed E-state index contributed by atoms with van der Waals surface area (Å²) in [7, 11) is 1.81. The fourth-order valence-corrected chi connectivity index (χ4v) is 4.34. The molecule has 2 aromatic carbocycles. The van der Waals surface area contributed by atoms with Gasteiger partial charge in [0.1, 0.15) is 35.4 Å². The van der Waals surface area contributed by atoms with Crippen molar-refractivity contribution >= 4 is 0 Å². The summed E-state index contributed by atoms with van der Waals surface area (Å²) in [5.41, 5.74) is 2.50. The zero-order valence-electron chi connectivity index (χ0n) is 21.6. The molecule has 0 radical (unpaired) electrons. The molecule has 0 bridgehead atoms. The first-order valence-corrected chi connectivity index (χ1v) is 12.6. The average Bonchev–Trinajstić information content (AvgIpc) is 3.70. The summed E-state index contributed by atoms with van der Waals surface area (Å²) in [6.45, 7) is 1.55. The number of furan rings is 2. The fraction of sp³-hybridized carbons (Fsp3) is 0.233. The van der Waals surface area contributed by atoms with Crippen LogP contribution in [0.15, 0.2) is 100 Å². The first-order valence-electron chi connectivity index (χ1n) is 12.6. The van der Waals surface area contributed by atoms with Crippen LogP contribution in [0.4, 0.5) is 4.39 Å². The van der Waals surface area contributed by atoms with Gasteiger partial charge in [-0.3, -0.25) is 4.90 Å². The molecule has 0 aliphatic heterocycles. The molecule has 5 aromatic rings. The number of aliphatic hydroxyl groups excluding tert-OH is 1. The largest absolute Gasteiger partial charge is 0.468 e. The van der Waals surface area contributed by atoms with Crippen LogP contribution < -0.4 is 4.74 Å². The maximum atomic E-state index is 13.5. The van der Waals surface area contributed by atoms with Crippen molar-refractivity contribution in [1.29, 1.82) is 0 Å². The fourth-order valence-electron chi connectivity index (χ4n) is 4.34. The highest BCUT2D eigenvalue weighted by atomic mass is 19.1. The van der Waals surface area contributed by atoms with Crippen LogP contribution in [0.2, 0.25) is 0 Å². The van der Waals surface area contributed by atoms with Crippen molar-refractivity contribution in [2.45, 2.75) is 25.8 Å². The molecule has 0 fully saturated rings. The number of aryl methyl sites for hydroxylation is 1. The van der Waals surface area contributed by atoms with E-state index in [2.05, 4.69) is 4.90 Å². The molecule has 3 heterocycles. The van der Waals surface area contributed by atoms with E-state index < -0.39 is 6.10 Å². The van der Waals surface area contributed by atoms with E-state index in [1.165, 1.54) is 12.1 Å². The Bertz CT molecular complexity index is 1420. The number of halogens is 1. The Morgan fingerprint density at radius 2 is 1.64 bits per heavy atom. The Hall–Kier alpha value is -4.18. The molecule has 0 saturated heterocycles. The zero-order chi connectivity index (χ0) is 27.0. The van der Waals surface area contributed by atoms with E-state index in [1.54, 1.807) is 35.4 Å². The quantitative estimate of drug-likeness (QED) is 0.206. The summed E-state index contributed by atoms with van der Waals surface area (Å²) in [5, 5.41) is 15.6. The van der Waals surface area contributed by atoms with Gasteiger partial charge in [0.2, 0.25) is 5.88 Å². The van der Waals surface area contributed by atoms with Gasteiger partial charge in [0.25, 0.3) is 0 Å². The summed E-state index contributed by atoms with van der Waals surface area (Å²) in [6.07, 6.45) is 2.44. The number of hydrogen-bond acceptors (Lipinski definition) is 7. The van der Waals surface area contributed by atoms with Crippen LogP contribution in [0.1, 0.15) is 17.1 Å². The smallest absolute Gasteiger partial charge is 0.222 e. The molecular formula is C30H30FN3O5. The molecule has 0 spiro atoms. The standard InChI is InChI=1S/C30H30FN3O5/c1-33-30(39-25-13-11-23(31)12-14-25)28(29(32-33)22-7-3-2-4-8-22)19-34(18-26-9-5-15-37-26)17-24(35)20-36-21-27-10-6-16-38-27/h2-16,24,35H,17-21H2,1H3. The molecule has 0 saturated carbocycles. The summed E-state index contributed by atoms with van der Waals surface area (Å²) >= 11 is 0. The summed E-state index contributed by atoms with van der Waals surface area (Å²) < 4.78 is 38.0. The predicted octanol–water partition coefficient (Wildman–Crippen LogP) is 5.78. The molecule has 0 amide bonds. The van der Waals surface area contributed by atoms with Crippen LogP contribution >= 0.6 is 0 Å². The van der Waals surface area contributed by atoms with Gasteiger partial charge in [0.15, 0.2) is 0 Å². The average molecular weight is 532 g/mol. The van der Waals surface area contributed by atoms with E-state index in [0.29, 0.717) is 37.0 Å². The Kier molecular flexibility index (Phi) is 8.52. The van der Waals surface area contributed by atoms with Crippen LogP contribution in [-0.2, 0) is 31.5 Å². The van der Waals surface area contributed by atoms with E-state index in [9.17, 15) is 9.50 Å². The number of rotatable bonds is 13. The normalized spacial score (nSPS) is 12.2. The first-order chi connectivity index (χ1) is 19.0. The molecule has 39 heavy (non-hydrogen) atoms. The molecule has 9 heteroatoms. The Labute approximate surface area is 225 Å². The third-order valence-corrected chi connectivity index (χ3v) is 6.11. The maximum absolute atomic E-state index is 13.5. The van der Waals surface area contributed by atoms with E-state index in [-0.39, 0.29) is 19.0 Å². The SMILES string of the molecule is Cn1nc(-c2ccccc2)c(CN(Cc2ccco2)CC(O)COCc2ccco2)c1Oc1ccc(F)cc1. The maximum Gasteiger partial charge on any atom is 0.222 e. The number of hydrogen-bond donors (Lipinski definition) is 1. The minimum Gasteiger partial charge on any atom is -0.468 e. The predicted molar refractivity (Wildman–Crippen MR) is 142 cm³/mol.